The van der Waals surface area contributed by atoms with Gasteiger partial charge in [0.05, 0.1) is 5.69 Å². The Labute approximate surface area is 164 Å². The first-order valence-electron chi connectivity index (χ1n) is 9.19. The van der Waals surface area contributed by atoms with E-state index >= 15 is 0 Å². The van der Waals surface area contributed by atoms with Gasteiger partial charge in [-0.1, -0.05) is 30.4 Å². The number of aromatic nitrogens is 3. The number of aliphatic hydroxyl groups is 1. The minimum Gasteiger partial charge on any atom is -0.396 e. The number of nitrogen functional groups attached to an aromatic ring is 1. The van der Waals surface area contributed by atoms with Gasteiger partial charge in [0, 0.05) is 23.9 Å². The van der Waals surface area contributed by atoms with Crippen LogP contribution >= 0.6 is 11.6 Å². The molecule has 3 rings (SSSR count). The topological polar surface area (TPSA) is 97.0 Å². The highest BCUT2D eigenvalue weighted by atomic mass is 35.5. The van der Waals surface area contributed by atoms with E-state index in [4.69, 9.17) is 17.3 Å². The molecule has 27 heavy (non-hydrogen) atoms. The number of nitrogens with zero attached hydrogens (tertiary/aromatic N) is 3. The summed E-state index contributed by atoms with van der Waals surface area (Å²) in [5.74, 6) is 7.23. The lowest BCUT2D eigenvalue weighted by atomic mass is 10.1. The number of nitrogens with two attached hydrogens (primary N) is 1. The summed E-state index contributed by atoms with van der Waals surface area (Å²) in [6.45, 7) is 4.22. The molecule has 1 aliphatic carbocycles. The van der Waals surface area contributed by atoms with Gasteiger partial charge in [-0.3, -0.25) is 4.98 Å². The van der Waals surface area contributed by atoms with E-state index < -0.39 is 0 Å². The van der Waals surface area contributed by atoms with Gasteiger partial charge in [-0.05, 0) is 50.7 Å². The zero-order valence-corrected chi connectivity index (χ0v) is 16.3. The molecule has 0 aromatic carbocycles. The number of anilines is 2. The van der Waals surface area contributed by atoms with Gasteiger partial charge in [0.2, 0.25) is 5.95 Å². The number of nitrogens with one attached hydrogen (secondary N) is 1. The Morgan fingerprint density at radius 2 is 2.07 bits per heavy atom. The number of aliphatic hydroxyl groups excluding tert-OH is 1. The first kappa shape index (κ1) is 19.4. The third-order valence-electron chi connectivity index (χ3n) is 4.79. The number of hydrogen-bond acceptors (Lipinski definition) is 6. The summed E-state index contributed by atoms with van der Waals surface area (Å²) in [5, 5.41) is 13.0. The van der Waals surface area contributed by atoms with E-state index in [0.717, 1.165) is 42.6 Å². The second-order valence-corrected chi connectivity index (χ2v) is 7.21. The van der Waals surface area contributed by atoms with Crippen molar-refractivity contribution in [3.8, 4) is 11.8 Å². The standard InChI is InChI=1S/C20H24ClN5O/c1-3-17-14(6-4-12(2)23-17)7-9-16-18(21)25-20(22)26-19(16)24-15-8-5-13(10-15)11-27/h4,6,13,15,27H,3,5,8,10-11H2,1-2H3,(H3,22,24,25,26)/t13-,15+/m1/s1. The van der Waals surface area contributed by atoms with Crippen LogP contribution in [0.15, 0.2) is 12.1 Å². The second kappa shape index (κ2) is 8.55. The summed E-state index contributed by atoms with van der Waals surface area (Å²) in [7, 11) is 0. The highest BCUT2D eigenvalue weighted by Gasteiger charge is 2.25. The normalized spacial score (nSPS) is 18.8. The Morgan fingerprint density at radius 1 is 1.26 bits per heavy atom. The van der Waals surface area contributed by atoms with Crippen LogP contribution in [-0.2, 0) is 6.42 Å². The molecule has 142 valence electrons. The molecule has 0 amide bonds. The van der Waals surface area contributed by atoms with E-state index in [1.54, 1.807) is 0 Å². The zero-order chi connectivity index (χ0) is 19.4. The van der Waals surface area contributed by atoms with E-state index in [-0.39, 0.29) is 23.8 Å². The van der Waals surface area contributed by atoms with Gasteiger partial charge in [0.15, 0.2) is 5.15 Å². The van der Waals surface area contributed by atoms with E-state index in [1.807, 2.05) is 19.1 Å². The smallest absolute Gasteiger partial charge is 0.223 e. The summed E-state index contributed by atoms with van der Waals surface area (Å²) in [5.41, 5.74) is 9.09. The number of hydrogen-bond donors (Lipinski definition) is 3. The molecular formula is C20H24ClN5O. The molecule has 0 unspecified atom stereocenters. The van der Waals surface area contributed by atoms with Crippen molar-refractivity contribution >= 4 is 23.4 Å². The molecule has 1 saturated carbocycles. The minimum atomic E-state index is 0.107. The van der Waals surface area contributed by atoms with E-state index in [2.05, 4.69) is 39.0 Å². The quantitative estimate of drug-likeness (QED) is 0.553. The molecule has 0 spiro atoms. The fourth-order valence-corrected chi connectivity index (χ4v) is 3.58. The average Bonchev–Trinajstić information content (AvgIpc) is 3.09. The van der Waals surface area contributed by atoms with Crippen molar-refractivity contribution in [2.45, 2.75) is 45.6 Å². The third kappa shape index (κ3) is 4.68. The average molecular weight is 386 g/mol. The minimum absolute atomic E-state index is 0.107. The van der Waals surface area contributed by atoms with Gasteiger partial charge in [0.1, 0.15) is 11.4 Å². The van der Waals surface area contributed by atoms with Crippen LogP contribution in [0.3, 0.4) is 0 Å². The summed E-state index contributed by atoms with van der Waals surface area (Å²) in [6, 6.07) is 4.12. The summed E-state index contributed by atoms with van der Waals surface area (Å²) < 4.78 is 0. The summed E-state index contributed by atoms with van der Waals surface area (Å²) in [6.07, 6.45) is 3.63. The molecule has 2 heterocycles. The van der Waals surface area contributed by atoms with Crippen molar-refractivity contribution in [2.75, 3.05) is 17.7 Å². The lowest BCUT2D eigenvalue weighted by Crippen LogP contribution is -2.19. The molecule has 6 nitrogen and oxygen atoms in total. The van der Waals surface area contributed by atoms with Gasteiger partial charge in [0.25, 0.3) is 0 Å². The molecule has 4 N–H and O–H groups in total. The van der Waals surface area contributed by atoms with Gasteiger partial charge in [-0.15, -0.1) is 0 Å². The largest absolute Gasteiger partial charge is 0.396 e. The molecule has 1 aliphatic rings. The predicted octanol–water partition coefficient (Wildman–Crippen LogP) is 2.95. The Morgan fingerprint density at radius 3 is 2.78 bits per heavy atom. The van der Waals surface area contributed by atoms with E-state index in [1.165, 1.54) is 0 Å². The highest BCUT2D eigenvalue weighted by Crippen LogP contribution is 2.29. The van der Waals surface area contributed by atoms with Crippen molar-refractivity contribution in [1.82, 2.24) is 15.0 Å². The van der Waals surface area contributed by atoms with Crippen molar-refractivity contribution < 1.29 is 5.11 Å². The van der Waals surface area contributed by atoms with E-state index in [9.17, 15) is 5.11 Å². The SMILES string of the molecule is CCc1nc(C)ccc1C#Cc1c(Cl)nc(N)nc1N[C@H]1CC[C@@H](CO)C1. The first-order chi connectivity index (χ1) is 13.0. The van der Waals surface area contributed by atoms with Crippen molar-refractivity contribution in [1.29, 1.82) is 0 Å². The molecule has 1 fully saturated rings. The molecule has 2 aromatic rings. The number of pyridine rings is 1. The maximum Gasteiger partial charge on any atom is 0.223 e. The molecule has 2 atom stereocenters. The van der Waals surface area contributed by atoms with Crippen molar-refractivity contribution in [3.63, 3.8) is 0 Å². The number of halogens is 1. The number of rotatable bonds is 4. The Kier molecular flexibility index (Phi) is 6.15. The van der Waals surface area contributed by atoms with Crippen LogP contribution in [0.1, 0.15) is 48.7 Å². The molecular weight excluding hydrogens is 362 g/mol. The molecule has 0 radical (unpaired) electrons. The molecule has 7 heteroatoms. The fraction of sp³-hybridized carbons (Fsp3) is 0.450. The summed E-state index contributed by atoms with van der Waals surface area (Å²) >= 11 is 6.31. The van der Waals surface area contributed by atoms with Crippen molar-refractivity contribution in [3.05, 3.63) is 39.8 Å². The Bertz CT molecular complexity index is 890. The van der Waals surface area contributed by atoms with Crippen LogP contribution in [0.4, 0.5) is 11.8 Å². The maximum absolute atomic E-state index is 9.35. The van der Waals surface area contributed by atoms with E-state index in [0.29, 0.717) is 17.3 Å². The fourth-order valence-electron chi connectivity index (χ4n) is 3.35. The maximum atomic E-state index is 9.35. The highest BCUT2D eigenvalue weighted by molar-refractivity contribution is 6.31. The van der Waals surface area contributed by atoms with Crippen LogP contribution in [-0.4, -0.2) is 32.7 Å². The molecule has 0 aliphatic heterocycles. The molecule has 0 bridgehead atoms. The van der Waals surface area contributed by atoms with Gasteiger partial charge >= 0.3 is 0 Å². The lowest BCUT2D eigenvalue weighted by molar-refractivity contribution is 0.229. The zero-order valence-electron chi connectivity index (χ0n) is 15.6. The summed E-state index contributed by atoms with van der Waals surface area (Å²) in [4.78, 5) is 12.9. The lowest BCUT2D eigenvalue weighted by Gasteiger charge is -2.15. The molecule has 0 saturated heterocycles. The Balaban J connectivity index is 1.92. The van der Waals surface area contributed by atoms with Gasteiger partial charge in [-0.2, -0.15) is 9.97 Å². The Hall–Kier alpha value is -2.36. The molecule has 2 aromatic heterocycles. The van der Waals surface area contributed by atoms with Crippen LogP contribution < -0.4 is 11.1 Å². The predicted molar refractivity (Wildman–Crippen MR) is 108 cm³/mol. The number of aryl methyl sites for hydroxylation is 2. The van der Waals surface area contributed by atoms with Gasteiger partial charge in [-0.25, -0.2) is 0 Å². The van der Waals surface area contributed by atoms with Crippen molar-refractivity contribution in [2.24, 2.45) is 5.92 Å². The monoisotopic (exact) mass is 385 g/mol. The third-order valence-corrected chi connectivity index (χ3v) is 5.07. The second-order valence-electron chi connectivity index (χ2n) is 6.85. The van der Waals surface area contributed by atoms with Crippen LogP contribution in [0, 0.1) is 24.7 Å². The first-order valence-corrected chi connectivity index (χ1v) is 9.56. The van der Waals surface area contributed by atoms with Crippen LogP contribution in [0.2, 0.25) is 5.15 Å². The van der Waals surface area contributed by atoms with Gasteiger partial charge < -0.3 is 16.2 Å². The van der Waals surface area contributed by atoms with Crippen LogP contribution in [0.5, 0.6) is 0 Å². The van der Waals surface area contributed by atoms with Crippen LogP contribution in [0.25, 0.3) is 0 Å².